The fraction of sp³-hybridized carbons (Fsp3) is 0.417. The van der Waals surface area contributed by atoms with E-state index in [0.717, 1.165) is 35.1 Å². The molecule has 2 amide bonds. The molecule has 0 unspecified atom stereocenters. The third-order valence-corrected chi connectivity index (χ3v) is 5.28. The number of phenols is 1. The van der Waals surface area contributed by atoms with Gasteiger partial charge in [-0.3, -0.25) is 9.59 Å². The molecule has 0 saturated heterocycles. The van der Waals surface area contributed by atoms with Gasteiger partial charge < -0.3 is 27.2 Å². The third kappa shape index (κ3) is 8.03. The number of rotatable bonds is 11. The molecule has 0 saturated carbocycles. The number of benzene rings is 2. The number of hydrogen-bond acceptors (Lipinski definition) is 5. The zero-order chi connectivity index (χ0) is 22.8. The van der Waals surface area contributed by atoms with Gasteiger partial charge in [0.1, 0.15) is 5.75 Å². The highest BCUT2D eigenvalue weighted by molar-refractivity contribution is 5.82. The molecule has 0 aromatic heterocycles. The number of nitrogens with one attached hydrogen (secondary N) is 2. The number of hydrogen-bond donors (Lipinski definition) is 5. The number of amides is 2. The SMILES string of the molecule is Cc1cc(O)cc(C)c1C[C@H](N)C(=O)NCCCCNC(=O)[C@H](N)Cc1ccccc1. The Labute approximate surface area is 184 Å². The monoisotopic (exact) mass is 426 g/mol. The van der Waals surface area contributed by atoms with Crippen molar-refractivity contribution in [2.24, 2.45) is 11.5 Å². The molecule has 0 heterocycles. The van der Waals surface area contributed by atoms with Gasteiger partial charge >= 0.3 is 0 Å². The lowest BCUT2D eigenvalue weighted by Gasteiger charge is -2.16. The van der Waals surface area contributed by atoms with Crippen LogP contribution in [0.1, 0.15) is 35.1 Å². The van der Waals surface area contributed by atoms with Crippen molar-refractivity contribution in [2.75, 3.05) is 13.1 Å². The molecule has 7 nitrogen and oxygen atoms in total. The maximum Gasteiger partial charge on any atom is 0.237 e. The number of aryl methyl sites for hydroxylation is 2. The largest absolute Gasteiger partial charge is 0.508 e. The standard InChI is InChI=1S/C24H34N4O3/c1-16-12-19(29)13-17(2)20(16)15-22(26)24(31)28-11-7-6-10-27-23(30)21(25)14-18-8-4-3-5-9-18/h3-5,8-9,12-13,21-22,29H,6-7,10-11,14-15,25-26H2,1-2H3,(H,27,30)(H,28,31)/t21-,22+/m1/s1. The number of phenolic OH excluding ortho intramolecular Hbond substituents is 1. The van der Waals surface area contributed by atoms with E-state index >= 15 is 0 Å². The summed E-state index contributed by atoms with van der Waals surface area (Å²) in [6.45, 7) is 4.79. The van der Waals surface area contributed by atoms with Crippen molar-refractivity contribution in [3.05, 3.63) is 64.7 Å². The second kappa shape index (κ2) is 12.1. The van der Waals surface area contributed by atoms with Crippen LogP contribution >= 0.6 is 0 Å². The summed E-state index contributed by atoms with van der Waals surface area (Å²) >= 11 is 0. The van der Waals surface area contributed by atoms with Gasteiger partial charge in [0, 0.05) is 13.1 Å². The Hall–Kier alpha value is -2.90. The maximum absolute atomic E-state index is 12.3. The Bertz CT molecular complexity index is 847. The van der Waals surface area contributed by atoms with E-state index in [4.69, 9.17) is 11.5 Å². The average molecular weight is 427 g/mol. The van der Waals surface area contributed by atoms with Gasteiger partial charge in [-0.15, -0.1) is 0 Å². The maximum atomic E-state index is 12.3. The first-order chi connectivity index (χ1) is 14.8. The quantitative estimate of drug-likeness (QED) is 0.347. The molecule has 0 fully saturated rings. The van der Waals surface area contributed by atoms with Crippen LogP contribution in [0.2, 0.25) is 0 Å². The lowest BCUT2D eigenvalue weighted by Crippen LogP contribution is -2.43. The first-order valence-electron chi connectivity index (χ1n) is 10.7. The van der Waals surface area contributed by atoms with Gasteiger partial charge in [0.25, 0.3) is 0 Å². The first-order valence-corrected chi connectivity index (χ1v) is 10.7. The van der Waals surface area contributed by atoms with Gasteiger partial charge in [-0.1, -0.05) is 30.3 Å². The molecular formula is C24H34N4O3. The predicted molar refractivity (Wildman–Crippen MR) is 123 cm³/mol. The summed E-state index contributed by atoms with van der Waals surface area (Å²) in [7, 11) is 0. The second-order valence-corrected chi connectivity index (χ2v) is 7.95. The van der Waals surface area contributed by atoms with Gasteiger partial charge in [0.2, 0.25) is 11.8 Å². The summed E-state index contributed by atoms with van der Waals surface area (Å²) < 4.78 is 0. The Morgan fingerprint density at radius 2 is 1.35 bits per heavy atom. The highest BCUT2D eigenvalue weighted by atomic mass is 16.3. The topological polar surface area (TPSA) is 130 Å². The minimum absolute atomic E-state index is 0.172. The van der Waals surface area contributed by atoms with Gasteiger partial charge in [-0.25, -0.2) is 0 Å². The average Bonchev–Trinajstić information content (AvgIpc) is 2.73. The van der Waals surface area contributed by atoms with E-state index in [2.05, 4.69) is 10.6 Å². The van der Waals surface area contributed by atoms with Crippen molar-refractivity contribution in [3.8, 4) is 5.75 Å². The second-order valence-electron chi connectivity index (χ2n) is 7.95. The molecule has 7 heteroatoms. The summed E-state index contributed by atoms with van der Waals surface area (Å²) in [4.78, 5) is 24.4. The molecule has 0 spiro atoms. The van der Waals surface area contributed by atoms with Crippen LogP contribution in [0.5, 0.6) is 5.75 Å². The molecular weight excluding hydrogens is 392 g/mol. The molecule has 31 heavy (non-hydrogen) atoms. The lowest BCUT2D eigenvalue weighted by molar-refractivity contribution is -0.123. The molecule has 0 aliphatic heterocycles. The highest BCUT2D eigenvalue weighted by Gasteiger charge is 2.17. The van der Waals surface area contributed by atoms with Crippen LogP contribution in [0.15, 0.2) is 42.5 Å². The van der Waals surface area contributed by atoms with Crippen molar-refractivity contribution >= 4 is 11.8 Å². The van der Waals surface area contributed by atoms with E-state index in [-0.39, 0.29) is 17.6 Å². The van der Waals surface area contributed by atoms with Gasteiger partial charge in [0.15, 0.2) is 0 Å². The molecule has 0 radical (unpaired) electrons. The summed E-state index contributed by atoms with van der Waals surface area (Å²) in [6.07, 6.45) is 2.37. The lowest BCUT2D eigenvalue weighted by atomic mass is 9.96. The number of nitrogens with two attached hydrogens (primary N) is 2. The van der Waals surface area contributed by atoms with Crippen LogP contribution < -0.4 is 22.1 Å². The zero-order valence-electron chi connectivity index (χ0n) is 18.4. The minimum Gasteiger partial charge on any atom is -0.508 e. The Morgan fingerprint density at radius 3 is 1.87 bits per heavy atom. The Kier molecular flexibility index (Phi) is 9.49. The molecule has 2 aromatic rings. The highest BCUT2D eigenvalue weighted by Crippen LogP contribution is 2.21. The number of carbonyl (C=O) groups excluding carboxylic acids is 2. The van der Waals surface area contributed by atoms with E-state index in [0.29, 0.717) is 25.9 Å². The number of carbonyl (C=O) groups is 2. The van der Waals surface area contributed by atoms with Gasteiger partial charge in [0.05, 0.1) is 12.1 Å². The molecule has 7 N–H and O–H groups in total. The minimum atomic E-state index is -0.655. The van der Waals surface area contributed by atoms with Crippen molar-refractivity contribution in [3.63, 3.8) is 0 Å². The summed E-state index contributed by atoms with van der Waals surface area (Å²) in [6, 6.07) is 11.8. The molecule has 0 aliphatic rings. The van der Waals surface area contributed by atoms with Crippen LogP contribution in [0.3, 0.4) is 0 Å². The Balaban J connectivity index is 1.62. The van der Waals surface area contributed by atoms with Crippen molar-refractivity contribution in [2.45, 2.75) is 51.6 Å². The molecule has 0 bridgehead atoms. The smallest absolute Gasteiger partial charge is 0.237 e. The van der Waals surface area contributed by atoms with E-state index in [9.17, 15) is 14.7 Å². The van der Waals surface area contributed by atoms with Gasteiger partial charge in [-0.2, -0.15) is 0 Å². The fourth-order valence-electron chi connectivity index (χ4n) is 3.50. The molecule has 2 atom stereocenters. The van der Waals surface area contributed by atoms with Crippen molar-refractivity contribution in [1.82, 2.24) is 10.6 Å². The van der Waals surface area contributed by atoms with E-state index in [1.807, 2.05) is 44.2 Å². The fourth-order valence-corrected chi connectivity index (χ4v) is 3.50. The summed E-state index contributed by atoms with van der Waals surface area (Å²) in [5.41, 5.74) is 15.9. The Morgan fingerprint density at radius 1 is 0.871 bits per heavy atom. The van der Waals surface area contributed by atoms with Crippen LogP contribution in [-0.4, -0.2) is 42.1 Å². The van der Waals surface area contributed by atoms with Crippen LogP contribution in [0.4, 0.5) is 0 Å². The number of aromatic hydroxyl groups is 1. The molecule has 2 rings (SSSR count). The van der Waals surface area contributed by atoms with Crippen molar-refractivity contribution in [1.29, 1.82) is 0 Å². The third-order valence-electron chi connectivity index (χ3n) is 5.28. The molecule has 0 aliphatic carbocycles. The summed E-state index contributed by atoms with van der Waals surface area (Å²) in [5.74, 6) is -0.166. The van der Waals surface area contributed by atoms with Crippen molar-refractivity contribution < 1.29 is 14.7 Å². The van der Waals surface area contributed by atoms with Gasteiger partial charge in [-0.05, 0) is 73.9 Å². The van der Waals surface area contributed by atoms with E-state index in [1.165, 1.54) is 0 Å². The number of unbranched alkanes of at least 4 members (excludes halogenated alkanes) is 1. The van der Waals surface area contributed by atoms with Crippen LogP contribution in [0, 0.1) is 13.8 Å². The molecule has 168 valence electrons. The van der Waals surface area contributed by atoms with Crippen LogP contribution in [-0.2, 0) is 22.4 Å². The van der Waals surface area contributed by atoms with Crippen LogP contribution in [0.25, 0.3) is 0 Å². The predicted octanol–water partition coefficient (Wildman–Crippen LogP) is 1.46. The van der Waals surface area contributed by atoms with E-state index < -0.39 is 12.1 Å². The van der Waals surface area contributed by atoms with E-state index in [1.54, 1.807) is 12.1 Å². The first kappa shape index (κ1) is 24.4. The summed E-state index contributed by atoms with van der Waals surface area (Å²) in [5, 5.41) is 15.3. The zero-order valence-corrected chi connectivity index (χ0v) is 18.4. The normalized spacial score (nSPS) is 12.8. The molecule has 2 aromatic carbocycles.